The van der Waals surface area contributed by atoms with E-state index in [1.165, 1.54) is 24.6 Å². The van der Waals surface area contributed by atoms with Crippen LogP contribution in [0.5, 0.6) is 17.2 Å². The van der Waals surface area contributed by atoms with Gasteiger partial charge < -0.3 is 30.2 Å². The number of amides is 2. The summed E-state index contributed by atoms with van der Waals surface area (Å²) in [5, 5.41) is 9.86. The van der Waals surface area contributed by atoms with Crippen LogP contribution in [-0.4, -0.2) is 44.7 Å². The number of carbonyl (C=O) groups is 2. The number of aryl methyl sites for hydroxylation is 3. The van der Waals surface area contributed by atoms with Crippen molar-refractivity contribution in [1.29, 1.82) is 0 Å². The van der Waals surface area contributed by atoms with E-state index in [1.807, 2.05) is 12.1 Å². The van der Waals surface area contributed by atoms with Crippen molar-refractivity contribution in [2.24, 2.45) is 0 Å². The number of benzene rings is 1. The van der Waals surface area contributed by atoms with Gasteiger partial charge in [0.05, 0.1) is 38.8 Å². The fourth-order valence-corrected chi connectivity index (χ4v) is 7.16. The van der Waals surface area contributed by atoms with E-state index in [0.29, 0.717) is 65.9 Å². The lowest BCUT2D eigenvalue weighted by Gasteiger charge is -2.19. The average Bonchev–Trinajstić information content (AvgIpc) is 3.11. The quantitative estimate of drug-likeness (QED) is 0.203. The normalized spacial score (nSPS) is 15.4. The van der Waals surface area contributed by atoms with Crippen LogP contribution < -0.4 is 35.6 Å². The zero-order valence-electron chi connectivity index (χ0n) is 25.8. The molecular weight excluding hydrogens is 580 g/mol. The predicted octanol–water partition coefficient (Wildman–Crippen LogP) is 5.42. The molecule has 2 aromatic carbocycles. The number of anilines is 2. The third-order valence-electron chi connectivity index (χ3n) is 8.15. The molecule has 0 saturated carbocycles. The molecule has 0 aliphatic heterocycles. The molecule has 0 saturated heterocycles. The number of hydrogen-bond acceptors (Lipinski definition) is 9. The van der Waals surface area contributed by atoms with Gasteiger partial charge in [0.25, 0.3) is 0 Å². The standard InChI is InChI=1S/C33H40N4O6S/c1-19(38)35-23-14-12-20-17-27(41-2)31(42-3)32(43-4)30(20)21-13-15-24(26(39)18-22(21)23)34-16-8-11-29(40)37-33-36-25-9-6-5-7-10-28(25)44-33/h13,15,17-18,23H,5-12,14,16H2,1-4H3,(H,34,39)(H,35,38)(H,36,37,40)/t23-/m1/s1. The SMILES string of the molecule is COc1cc2c(c(OC)c1OC)-c1ccc(NCCCC(=O)Nc3nc4c(s3)CCCCC4)c(=O)cc1[C@H](NC(C)=O)CC2. The van der Waals surface area contributed by atoms with E-state index in [2.05, 4.69) is 20.9 Å². The summed E-state index contributed by atoms with van der Waals surface area (Å²) in [4.78, 5) is 44.2. The Morgan fingerprint density at radius 1 is 1.00 bits per heavy atom. The Bertz CT molecular complexity index is 1580. The number of ether oxygens (including phenoxy) is 3. The van der Waals surface area contributed by atoms with Crippen LogP contribution in [-0.2, 0) is 28.9 Å². The summed E-state index contributed by atoms with van der Waals surface area (Å²) in [6.07, 6.45) is 7.62. The summed E-state index contributed by atoms with van der Waals surface area (Å²) in [6, 6.07) is 6.76. The number of methoxy groups -OCH3 is 3. The van der Waals surface area contributed by atoms with Crippen molar-refractivity contribution in [3.05, 3.63) is 56.2 Å². The highest BCUT2D eigenvalue weighted by molar-refractivity contribution is 7.15. The monoisotopic (exact) mass is 620 g/mol. The molecule has 0 fully saturated rings. The Morgan fingerprint density at radius 2 is 1.80 bits per heavy atom. The Balaban J connectivity index is 1.36. The van der Waals surface area contributed by atoms with Crippen LogP contribution in [0.15, 0.2) is 29.1 Å². The summed E-state index contributed by atoms with van der Waals surface area (Å²) in [7, 11) is 4.70. The summed E-state index contributed by atoms with van der Waals surface area (Å²) in [6.45, 7) is 1.91. The van der Waals surface area contributed by atoms with Crippen LogP contribution in [0.2, 0.25) is 0 Å². The van der Waals surface area contributed by atoms with Gasteiger partial charge >= 0.3 is 0 Å². The topological polar surface area (TPSA) is 128 Å². The molecule has 2 amide bonds. The molecule has 2 aliphatic rings. The number of nitrogens with zero attached hydrogens (tertiary/aromatic N) is 1. The molecule has 234 valence electrons. The zero-order valence-corrected chi connectivity index (χ0v) is 26.6. The molecule has 0 spiro atoms. The van der Waals surface area contributed by atoms with Crippen LogP contribution in [0.1, 0.15) is 73.2 Å². The highest BCUT2D eigenvalue weighted by atomic mass is 32.1. The number of nitrogens with one attached hydrogen (secondary N) is 3. The van der Waals surface area contributed by atoms with Gasteiger partial charge in [0.15, 0.2) is 16.6 Å². The molecule has 5 rings (SSSR count). The molecule has 1 aromatic heterocycles. The maximum atomic E-state index is 13.5. The lowest BCUT2D eigenvalue weighted by molar-refractivity contribution is -0.119. The number of thiazole rings is 1. The molecule has 10 nitrogen and oxygen atoms in total. The molecule has 11 heteroatoms. The van der Waals surface area contributed by atoms with E-state index in [0.717, 1.165) is 41.6 Å². The van der Waals surface area contributed by atoms with Crippen LogP contribution in [0.3, 0.4) is 0 Å². The maximum Gasteiger partial charge on any atom is 0.226 e. The predicted molar refractivity (Wildman–Crippen MR) is 172 cm³/mol. The molecule has 0 unspecified atom stereocenters. The van der Waals surface area contributed by atoms with Gasteiger partial charge in [-0.05, 0) is 79.8 Å². The maximum absolute atomic E-state index is 13.5. The van der Waals surface area contributed by atoms with Crippen molar-refractivity contribution in [2.75, 3.05) is 38.5 Å². The molecule has 1 atom stereocenters. The number of rotatable bonds is 10. The Kier molecular flexibility index (Phi) is 10.0. The molecule has 3 aromatic rings. The van der Waals surface area contributed by atoms with E-state index in [9.17, 15) is 14.4 Å². The van der Waals surface area contributed by atoms with Crippen LogP contribution in [0, 0.1) is 0 Å². The Hall–Kier alpha value is -4.12. The van der Waals surface area contributed by atoms with Gasteiger partial charge in [0.1, 0.15) is 0 Å². The summed E-state index contributed by atoms with van der Waals surface area (Å²) < 4.78 is 17.1. The minimum atomic E-state index is -0.380. The second kappa shape index (κ2) is 14.1. The van der Waals surface area contributed by atoms with E-state index in [4.69, 9.17) is 14.2 Å². The number of hydrogen-bond donors (Lipinski definition) is 3. The highest BCUT2D eigenvalue weighted by Crippen LogP contribution is 2.50. The van der Waals surface area contributed by atoms with Crippen LogP contribution in [0.25, 0.3) is 11.1 Å². The van der Waals surface area contributed by atoms with E-state index < -0.39 is 0 Å². The van der Waals surface area contributed by atoms with E-state index in [-0.39, 0.29) is 23.3 Å². The van der Waals surface area contributed by atoms with Crippen LogP contribution >= 0.6 is 11.3 Å². The summed E-state index contributed by atoms with van der Waals surface area (Å²) >= 11 is 1.58. The molecule has 0 radical (unpaired) electrons. The minimum Gasteiger partial charge on any atom is -0.493 e. The minimum absolute atomic E-state index is 0.0883. The first kappa shape index (κ1) is 31.3. The first-order valence-corrected chi connectivity index (χ1v) is 15.9. The highest BCUT2D eigenvalue weighted by Gasteiger charge is 2.29. The van der Waals surface area contributed by atoms with Crippen molar-refractivity contribution >= 4 is 34.0 Å². The molecule has 0 bridgehead atoms. The molecule has 2 aliphatic carbocycles. The smallest absolute Gasteiger partial charge is 0.226 e. The van der Waals surface area contributed by atoms with Gasteiger partial charge in [-0.1, -0.05) is 12.5 Å². The zero-order chi connectivity index (χ0) is 31.2. The van der Waals surface area contributed by atoms with Gasteiger partial charge in [0.2, 0.25) is 23.0 Å². The van der Waals surface area contributed by atoms with Gasteiger partial charge in [-0.15, -0.1) is 11.3 Å². The van der Waals surface area contributed by atoms with Gasteiger partial charge in [0, 0.05) is 30.3 Å². The van der Waals surface area contributed by atoms with E-state index in [1.54, 1.807) is 44.8 Å². The number of fused-ring (bicyclic) bond motifs is 4. The first-order chi connectivity index (χ1) is 21.3. The van der Waals surface area contributed by atoms with Crippen molar-refractivity contribution in [2.45, 2.75) is 70.8 Å². The molecule has 1 heterocycles. The Morgan fingerprint density at radius 3 is 2.55 bits per heavy atom. The fourth-order valence-electron chi connectivity index (χ4n) is 6.09. The Labute approximate surface area is 261 Å². The van der Waals surface area contributed by atoms with Crippen molar-refractivity contribution < 1.29 is 23.8 Å². The third-order valence-corrected chi connectivity index (χ3v) is 9.23. The largest absolute Gasteiger partial charge is 0.493 e. The van der Waals surface area contributed by atoms with Gasteiger partial charge in [-0.25, -0.2) is 4.98 Å². The first-order valence-electron chi connectivity index (χ1n) is 15.1. The second-order valence-corrected chi connectivity index (χ2v) is 12.2. The van der Waals surface area contributed by atoms with Gasteiger partial charge in [-0.3, -0.25) is 14.4 Å². The van der Waals surface area contributed by atoms with Crippen molar-refractivity contribution in [3.63, 3.8) is 0 Å². The lowest BCUT2D eigenvalue weighted by Crippen LogP contribution is -2.26. The van der Waals surface area contributed by atoms with E-state index >= 15 is 0 Å². The third kappa shape index (κ3) is 6.83. The summed E-state index contributed by atoms with van der Waals surface area (Å²) in [5.41, 5.74) is 4.54. The van der Waals surface area contributed by atoms with Crippen LogP contribution in [0.4, 0.5) is 10.8 Å². The molecule has 44 heavy (non-hydrogen) atoms. The number of aromatic nitrogens is 1. The lowest BCUT2D eigenvalue weighted by atomic mass is 9.95. The van der Waals surface area contributed by atoms with Crippen molar-refractivity contribution in [3.8, 4) is 28.4 Å². The van der Waals surface area contributed by atoms with Gasteiger partial charge in [-0.2, -0.15) is 0 Å². The molecular formula is C33H40N4O6S. The fraction of sp³-hybridized carbons (Fsp3) is 0.455. The molecule has 3 N–H and O–H groups in total. The second-order valence-electron chi connectivity index (χ2n) is 11.1. The van der Waals surface area contributed by atoms with Crippen molar-refractivity contribution in [1.82, 2.24) is 10.3 Å². The summed E-state index contributed by atoms with van der Waals surface area (Å²) in [5.74, 6) is 1.23. The average molecular weight is 621 g/mol. The number of carbonyl (C=O) groups excluding carboxylic acids is 2.